The van der Waals surface area contributed by atoms with Gasteiger partial charge in [0.25, 0.3) is 0 Å². The van der Waals surface area contributed by atoms with Crippen LogP contribution in [0.25, 0.3) is 0 Å². The zero-order valence-corrected chi connectivity index (χ0v) is 11.3. The van der Waals surface area contributed by atoms with Gasteiger partial charge in [-0.3, -0.25) is 0 Å². The van der Waals surface area contributed by atoms with Gasteiger partial charge in [-0.1, -0.05) is 52.8 Å². The van der Waals surface area contributed by atoms with E-state index < -0.39 is 0 Å². The highest BCUT2D eigenvalue weighted by atomic mass is 16.3. The highest BCUT2D eigenvalue weighted by molar-refractivity contribution is 5.30. The maximum atomic E-state index is 9.34. The highest BCUT2D eigenvalue weighted by Crippen LogP contribution is 2.22. The molecule has 1 aliphatic carbocycles. The Morgan fingerprint density at radius 2 is 1.81 bits per heavy atom. The third-order valence-corrected chi connectivity index (χ3v) is 2.50. The van der Waals surface area contributed by atoms with Crippen LogP contribution in [0.2, 0.25) is 0 Å². The van der Waals surface area contributed by atoms with Crippen molar-refractivity contribution in [3.63, 3.8) is 0 Å². The van der Waals surface area contributed by atoms with Crippen LogP contribution in [0.4, 0.5) is 0 Å². The van der Waals surface area contributed by atoms with Crippen LogP contribution in [0.3, 0.4) is 0 Å². The number of hydrogen-bond donors (Lipinski definition) is 1. The monoisotopic (exact) mass is 222 g/mol. The van der Waals surface area contributed by atoms with Gasteiger partial charge in [0.15, 0.2) is 0 Å². The fourth-order valence-corrected chi connectivity index (χ4v) is 1.80. The number of allylic oxidation sites excluding steroid dienone is 5. The topological polar surface area (TPSA) is 20.2 Å². The van der Waals surface area contributed by atoms with Crippen molar-refractivity contribution in [2.75, 3.05) is 0 Å². The predicted molar refractivity (Wildman–Crippen MR) is 72.5 cm³/mol. The van der Waals surface area contributed by atoms with E-state index in [4.69, 9.17) is 0 Å². The lowest BCUT2D eigenvalue weighted by atomic mass is 9.91. The Balaban J connectivity index is 0.00000106. The van der Waals surface area contributed by atoms with E-state index >= 15 is 0 Å². The van der Waals surface area contributed by atoms with Crippen molar-refractivity contribution in [1.29, 1.82) is 0 Å². The van der Waals surface area contributed by atoms with Crippen LogP contribution in [-0.2, 0) is 0 Å². The summed E-state index contributed by atoms with van der Waals surface area (Å²) in [5, 5.41) is 9.34. The van der Waals surface area contributed by atoms with Crippen LogP contribution >= 0.6 is 0 Å². The van der Waals surface area contributed by atoms with Gasteiger partial charge in [-0.25, -0.2) is 0 Å². The Morgan fingerprint density at radius 3 is 2.38 bits per heavy atom. The first kappa shape index (κ1) is 15.0. The second kappa shape index (κ2) is 8.20. The minimum Gasteiger partial charge on any atom is -0.512 e. The molecule has 0 saturated carbocycles. The van der Waals surface area contributed by atoms with E-state index in [2.05, 4.69) is 26.8 Å². The zero-order chi connectivity index (χ0) is 12.6. The molecule has 0 bridgehead atoms. The maximum absolute atomic E-state index is 9.34. The Hall–Kier alpha value is -0.980. The van der Waals surface area contributed by atoms with E-state index in [0.29, 0.717) is 18.1 Å². The highest BCUT2D eigenvalue weighted by Gasteiger charge is 2.09. The van der Waals surface area contributed by atoms with Crippen LogP contribution in [0.1, 0.15) is 47.5 Å². The Bertz CT molecular complexity index is 269. The zero-order valence-electron chi connectivity index (χ0n) is 11.3. The summed E-state index contributed by atoms with van der Waals surface area (Å²) < 4.78 is 0. The van der Waals surface area contributed by atoms with Gasteiger partial charge in [-0.2, -0.15) is 0 Å². The Kier molecular flexibility index (Phi) is 7.70. The van der Waals surface area contributed by atoms with Crippen molar-refractivity contribution in [2.45, 2.75) is 47.5 Å². The average Bonchev–Trinajstić information content (AvgIpc) is 2.45. The third kappa shape index (κ3) is 5.79. The molecule has 16 heavy (non-hydrogen) atoms. The quantitative estimate of drug-likeness (QED) is 0.710. The molecular formula is C15H26O. The second-order valence-corrected chi connectivity index (χ2v) is 4.46. The first-order chi connectivity index (χ1) is 7.59. The van der Waals surface area contributed by atoms with E-state index in [1.165, 1.54) is 12.0 Å². The first-order valence-corrected chi connectivity index (χ1v) is 6.36. The van der Waals surface area contributed by atoms with Gasteiger partial charge >= 0.3 is 0 Å². The van der Waals surface area contributed by atoms with Crippen LogP contribution in [0, 0.1) is 11.8 Å². The van der Waals surface area contributed by atoms with E-state index in [1.54, 1.807) is 0 Å². The molecule has 1 aliphatic rings. The van der Waals surface area contributed by atoms with Crippen LogP contribution < -0.4 is 0 Å². The van der Waals surface area contributed by atoms with Gasteiger partial charge in [-0.15, -0.1) is 0 Å². The lowest BCUT2D eigenvalue weighted by Gasteiger charge is -2.14. The van der Waals surface area contributed by atoms with E-state index in [0.717, 1.165) is 5.92 Å². The van der Waals surface area contributed by atoms with E-state index in [9.17, 15) is 5.11 Å². The third-order valence-electron chi connectivity index (χ3n) is 2.50. The average molecular weight is 222 g/mol. The molecule has 1 N–H and O–H groups in total. The smallest absolute Gasteiger partial charge is 0.0960 e. The molecule has 0 amide bonds. The molecule has 0 aromatic heterocycles. The van der Waals surface area contributed by atoms with Crippen LogP contribution in [-0.4, -0.2) is 5.11 Å². The molecule has 0 fully saturated rings. The standard InChI is InChI=1S/C13H20O.C2H6/c1-10(2)9-11(3)12-5-4-6-13(14)8-7-12;1-2/h4-5,7-8,10-11,14H,6,9H2,1-3H3;1-2H3. The molecule has 1 rings (SSSR count). The van der Waals surface area contributed by atoms with Gasteiger partial charge < -0.3 is 5.11 Å². The SMILES string of the molecule is CC.CC(C)CC(C)C1=CC=C(O)CC=C1. The molecule has 0 saturated heterocycles. The summed E-state index contributed by atoms with van der Waals surface area (Å²) in [6.45, 7) is 10.7. The van der Waals surface area contributed by atoms with Gasteiger partial charge in [0.2, 0.25) is 0 Å². The lowest BCUT2D eigenvalue weighted by Crippen LogP contribution is -2.01. The number of aliphatic hydroxyl groups excluding tert-OH is 1. The second-order valence-electron chi connectivity index (χ2n) is 4.46. The van der Waals surface area contributed by atoms with Gasteiger partial charge in [0.1, 0.15) is 0 Å². The summed E-state index contributed by atoms with van der Waals surface area (Å²) in [5.74, 6) is 1.75. The number of hydrogen-bond acceptors (Lipinski definition) is 1. The molecule has 0 aliphatic heterocycles. The van der Waals surface area contributed by atoms with Gasteiger partial charge in [-0.05, 0) is 29.9 Å². The number of rotatable bonds is 3. The van der Waals surface area contributed by atoms with Crippen LogP contribution in [0.15, 0.2) is 35.6 Å². The summed E-state index contributed by atoms with van der Waals surface area (Å²) in [7, 11) is 0. The number of aliphatic hydroxyl groups is 1. The summed E-state index contributed by atoms with van der Waals surface area (Å²) in [4.78, 5) is 0. The van der Waals surface area contributed by atoms with Crippen molar-refractivity contribution in [2.24, 2.45) is 11.8 Å². The van der Waals surface area contributed by atoms with Crippen molar-refractivity contribution >= 4 is 0 Å². The lowest BCUT2D eigenvalue weighted by molar-refractivity contribution is 0.402. The van der Waals surface area contributed by atoms with E-state index in [-0.39, 0.29) is 0 Å². The largest absolute Gasteiger partial charge is 0.512 e. The molecule has 1 nitrogen and oxygen atoms in total. The Morgan fingerprint density at radius 1 is 1.19 bits per heavy atom. The predicted octanol–water partition coefficient (Wildman–Crippen LogP) is 5.02. The molecule has 0 spiro atoms. The fourth-order valence-electron chi connectivity index (χ4n) is 1.80. The minimum atomic E-state index is 0.452. The molecule has 1 atom stereocenters. The molecule has 1 heteroatoms. The normalized spacial score (nSPS) is 16.9. The first-order valence-electron chi connectivity index (χ1n) is 6.36. The summed E-state index contributed by atoms with van der Waals surface area (Å²) in [6, 6.07) is 0. The molecular weight excluding hydrogens is 196 g/mol. The minimum absolute atomic E-state index is 0.452. The molecule has 0 aromatic rings. The fraction of sp³-hybridized carbons (Fsp3) is 0.600. The summed E-state index contributed by atoms with van der Waals surface area (Å²) >= 11 is 0. The van der Waals surface area contributed by atoms with Crippen molar-refractivity contribution in [3.8, 4) is 0 Å². The van der Waals surface area contributed by atoms with Crippen molar-refractivity contribution in [3.05, 3.63) is 35.6 Å². The summed E-state index contributed by atoms with van der Waals surface area (Å²) in [6.07, 6.45) is 9.87. The van der Waals surface area contributed by atoms with Crippen LogP contribution in [0.5, 0.6) is 0 Å². The summed E-state index contributed by atoms with van der Waals surface area (Å²) in [5.41, 5.74) is 1.32. The molecule has 0 radical (unpaired) electrons. The maximum Gasteiger partial charge on any atom is 0.0960 e. The van der Waals surface area contributed by atoms with Crippen molar-refractivity contribution in [1.82, 2.24) is 0 Å². The van der Waals surface area contributed by atoms with E-state index in [1.807, 2.05) is 32.1 Å². The Labute approximate surface area is 101 Å². The molecule has 0 aromatic carbocycles. The molecule has 0 heterocycles. The molecule has 92 valence electrons. The van der Waals surface area contributed by atoms with Gasteiger partial charge in [0, 0.05) is 6.42 Å². The van der Waals surface area contributed by atoms with Crippen molar-refractivity contribution < 1.29 is 5.11 Å². The molecule has 1 unspecified atom stereocenters. The van der Waals surface area contributed by atoms with Gasteiger partial charge in [0.05, 0.1) is 5.76 Å².